The Balaban J connectivity index is 1.87. The second-order valence-corrected chi connectivity index (χ2v) is 11.1. The molecule has 26 heavy (non-hydrogen) atoms. The van der Waals surface area contributed by atoms with Gasteiger partial charge in [0.15, 0.2) is 0 Å². The van der Waals surface area contributed by atoms with Crippen LogP contribution in [0.25, 0.3) is 10.4 Å². The van der Waals surface area contributed by atoms with Gasteiger partial charge in [-0.1, -0.05) is 44.5 Å². The average Bonchev–Trinajstić information content (AvgIpc) is 3.05. The maximum atomic E-state index is 12.8. The Labute approximate surface area is 162 Å². The van der Waals surface area contributed by atoms with Crippen molar-refractivity contribution in [2.24, 2.45) is 11.3 Å². The van der Waals surface area contributed by atoms with Crippen LogP contribution in [0.1, 0.15) is 27.2 Å². The lowest BCUT2D eigenvalue weighted by Gasteiger charge is -2.22. The van der Waals surface area contributed by atoms with Gasteiger partial charge in [-0.2, -0.15) is 4.72 Å². The first kappa shape index (κ1) is 19.4. The molecule has 1 fully saturated rings. The molecule has 8 heteroatoms. The minimum absolute atomic E-state index is 0.0997. The molecular weight excluding hydrogens is 394 g/mol. The summed E-state index contributed by atoms with van der Waals surface area (Å²) >= 11 is 6.98. The molecule has 2 N–H and O–H groups in total. The number of nitrogens with one attached hydrogen (secondary N) is 1. The zero-order valence-corrected chi connectivity index (χ0v) is 17.0. The van der Waals surface area contributed by atoms with E-state index in [2.05, 4.69) is 4.72 Å². The molecule has 0 spiro atoms. The lowest BCUT2D eigenvalue weighted by Crippen LogP contribution is -2.46. The SMILES string of the molecule is CC(C)(C)[C@@H]1CC1(NS(=O)(=O)c1ccc(-c2ccc(Cl)cc2)s1)C(=O)O. The summed E-state index contributed by atoms with van der Waals surface area (Å²) in [6.07, 6.45) is 0.292. The van der Waals surface area contributed by atoms with E-state index in [1.54, 1.807) is 18.2 Å². The van der Waals surface area contributed by atoms with E-state index in [0.717, 1.165) is 21.8 Å². The molecule has 5 nitrogen and oxygen atoms in total. The van der Waals surface area contributed by atoms with Crippen LogP contribution in [0.3, 0.4) is 0 Å². The summed E-state index contributed by atoms with van der Waals surface area (Å²) in [5.74, 6) is -1.38. The quantitative estimate of drug-likeness (QED) is 0.768. The first-order chi connectivity index (χ1) is 12.0. The van der Waals surface area contributed by atoms with Crippen molar-refractivity contribution in [3.8, 4) is 10.4 Å². The third-order valence-electron chi connectivity index (χ3n) is 4.68. The predicted octanol–water partition coefficient (Wildman–Crippen LogP) is 4.24. The normalized spacial score (nSPS) is 23.0. The van der Waals surface area contributed by atoms with E-state index in [1.165, 1.54) is 6.07 Å². The van der Waals surface area contributed by atoms with Crippen LogP contribution >= 0.6 is 22.9 Å². The fraction of sp³-hybridized carbons (Fsp3) is 0.389. The van der Waals surface area contributed by atoms with E-state index in [-0.39, 0.29) is 15.5 Å². The van der Waals surface area contributed by atoms with Crippen molar-refractivity contribution in [1.82, 2.24) is 4.72 Å². The zero-order valence-electron chi connectivity index (χ0n) is 14.6. The number of carboxylic acids is 1. The second kappa shape index (κ2) is 6.34. The molecule has 2 aromatic rings. The first-order valence-electron chi connectivity index (χ1n) is 8.09. The van der Waals surface area contributed by atoms with Gasteiger partial charge >= 0.3 is 5.97 Å². The van der Waals surface area contributed by atoms with Gasteiger partial charge in [-0.15, -0.1) is 11.3 Å². The maximum Gasteiger partial charge on any atom is 0.325 e. The fourth-order valence-electron chi connectivity index (χ4n) is 3.23. The number of hydrogen-bond acceptors (Lipinski definition) is 4. The van der Waals surface area contributed by atoms with E-state index in [0.29, 0.717) is 11.4 Å². The van der Waals surface area contributed by atoms with Gasteiger partial charge in [-0.25, -0.2) is 8.42 Å². The van der Waals surface area contributed by atoms with Gasteiger partial charge in [0.2, 0.25) is 0 Å². The number of rotatable bonds is 5. The zero-order chi connectivity index (χ0) is 19.3. The van der Waals surface area contributed by atoms with Crippen molar-refractivity contribution >= 4 is 38.9 Å². The summed E-state index contributed by atoms with van der Waals surface area (Å²) in [6, 6.07) is 10.3. The minimum Gasteiger partial charge on any atom is -0.480 e. The van der Waals surface area contributed by atoms with Gasteiger partial charge in [-0.05, 0) is 47.6 Å². The number of halogens is 1. The van der Waals surface area contributed by atoms with Gasteiger partial charge < -0.3 is 5.11 Å². The molecule has 1 aliphatic carbocycles. The number of aliphatic carboxylic acids is 1. The summed E-state index contributed by atoms with van der Waals surface area (Å²) in [6.45, 7) is 5.75. The van der Waals surface area contributed by atoms with Crippen molar-refractivity contribution in [1.29, 1.82) is 0 Å². The summed E-state index contributed by atoms with van der Waals surface area (Å²) in [4.78, 5) is 12.5. The Kier molecular flexibility index (Phi) is 4.72. The molecule has 1 unspecified atom stereocenters. The molecule has 3 rings (SSSR count). The molecule has 0 saturated heterocycles. The summed E-state index contributed by atoms with van der Waals surface area (Å²) in [5.41, 5.74) is -0.875. The van der Waals surface area contributed by atoms with Crippen LogP contribution in [-0.2, 0) is 14.8 Å². The van der Waals surface area contributed by atoms with Gasteiger partial charge in [0, 0.05) is 9.90 Å². The van der Waals surface area contributed by atoms with Gasteiger partial charge in [0.25, 0.3) is 10.0 Å². The van der Waals surface area contributed by atoms with E-state index in [9.17, 15) is 18.3 Å². The first-order valence-corrected chi connectivity index (χ1v) is 10.8. The van der Waals surface area contributed by atoms with Crippen LogP contribution in [0, 0.1) is 11.3 Å². The van der Waals surface area contributed by atoms with E-state index >= 15 is 0 Å². The smallest absolute Gasteiger partial charge is 0.325 e. The van der Waals surface area contributed by atoms with Crippen LogP contribution in [0.4, 0.5) is 0 Å². The van der Waals surface area contributed by atoms with E-state index in [4.69, 9.17) is 11.6 Å². The molecule has 1 aliphatic rings. The highest BCUT2D eigenvalue weighted by molar-refractivity contribution is 7.91. The highest BCUT2D eigenvalue weighted by atomic mass is 35.5. The van der Waals surface area contributed by atoms with Crippen LogP contribution in [0.2, 0.25) is 5.02 Å². The Bertz CT molecular complexity index is 944. The van der Waals surface area contributed by atoms with Crippen molar-refractivity contribution < 1.29 is 18.3 Å². The minimum atomic E-state index is -3.93. The lowest BCUT2D eigenvalue weighted by atomic mass is 9.87. The Hall–Kier alpha value is -1.41. The molecule has 0 aliphatic heterocycles. The van der Waals surface area contributed by atoms with Crippen LogP contribution in [0.5, 0.6) is 0 Å². The number of sulfonamides is 1. The number of thiophene rings is 1. The van der Waals surface area contributed by atoms with Crippen molar-refractivity contribution in [3.63, 3.8) is 0 Å². The number of hydrogen-bond donors (Lipinski definition) is 2. The highest BCUT2D eigenvalue weighted by Crippen LogP contribution is 2.55. The lowest BCUT2D eigenvalue weighted by molar-refractivity contribution is -0.141. The predicted molar refractivity (Wildman–Crippen MR) is 103 cm³/mol. The van der Waals surface area contributed by atoms with Crippen LogP contribution < -0.4 is 4.72 Å². The standard InChI is InChI=1S/C18H20ClNO4S2/c1-17(2,3)14-10-18(14,16(21)22)20-26(23,24)15-9-8-13(25-15)11-4-6-12(19)7-5-11/h4-9,14,20H,10H2,1-3H3,(H,21,22)/t14-,18?/m0/s1. The van der Waals surface area contributed by atoms with E-state index in [1.807, 2.05) is 32.9 Å². The second-order valence-electron chi connectivity index (χ2n) is 7.63. The fourth-order valence-corrected chi connectivity index (χ4v) is 6.07. The largest absolute Gasteiger partial charge is 0.480 e. The van der Waals surface area contributed by atoms with E-state index < -0.39 is 21.5 Å². The number of benzene rings is 1. The molecule has 1 heterocycles. The Morgan fingerprint density at radius 1 is 1.23 bits per heavy atom. The van der Waals surface area contributed by atoms with Crippen LogP contribution in [-0.4, -0.2) is 25.0 Å². The van der Waals surface area contributed by atoms with Crippen molar-refractivity contribution in [3.05, 3.63) is 41.4 Å². The summed E-state index contributed by atoms with van der Waals surface area (Å²) in [7, 11) is -3.93. The third-order valence-corrected chi connectivity index (χ3v) is 8.07. The summed E-state index contributed by atoms with van der Waals surface area (Å²) < 4.78 is 28.1. The third kappa shape index (κ3) is 3.53. The molecule has 0 bridgehead atoms. The number of carbonyl (C=O) groups is 1. The Morgan fingerprint density at radius 3 is 2.35 bits per heavy atom. The van der Waals surface area contributed by atoms with Crippen LogP contribution in [0.15, 0.2) is 40.6 Å². The highest BCUT2D eigenvalue weighted by Gasteiger charge is 2.66. The number of carboxylic acid groups (broad SMARTS) is 1. The molecule has 140 valence electrons. The van der Waals surface area contributed by atoms with Gasteiger partial charge in [0.1, 0.15) is 9.75 Å². The van der Waals surface area contributed by atoms with Gasteiger partial charge in [0.05, 0.1) is 0 Å². The molecule has 0 amide bonds. The Morgan fingerprint density at radius 2 is 1.85 bits per heavy atom. The van der Waals surface area contributed by atoms with Crippen molar-refractivity contribution in [2.45, 2.75) is 36.9 Å². The molecule has 1 aromatic carbocycles. The average molecular weight is 414 g/mol. The molecule has 2 atom stereocenters. The molecule has 0 radical (unpaired) electrons. The molecule has 1 aromatic heterocycles. The molecular formula is C18H20ClNO4S2. The maximum absolute atomic E-state index is 12.8. The van der Waals surface area contributed by atoms with Crippen molar-refractivity contribution in [2.75, 3.05) is 0 Å². The topological polar surface area (TPSA) is 83.5 Å². The summed E-state index contributed by atoms with van der Waals surface area (Å²) in [5, 5.41) is 10.2. The van der Waals surface area contributed by atoms with Gasteiger partial charge in [-0.3, -0.25) is 4.79 Å². The molecule has 1 saturated carbocycles. The monoisotopic (exact) mass is 413 g/mol.